The number of hydrogen-bond acceptors (Lipinski definition) is 5. The topological polar surface area (TPSA) is 138 Å². The molecule has 0 aliphatic heterocycles. The average molecular weight is 389 g/mol. The van der Waals surface area contributed by atoms with Crippen molar-refractivity contribution in [1.29, 1.82) is 0 Å². The predicted molar refractivity (Wildman–Crippen MR) is 103 cm³/mol. The molecule has 1 aliphatic carbocycles. The van der Waals surface area contributed by atoms with Crippen molar-refractivity contribution in [2.24, 2.45) is 5.41 Å². The second kappa shape index (κ2) is 6.70. The maximum absolute atomic E-state index is 12.9. The van der Waals surface area contributed by atoms with E-state index in [-0.39, 0.29) is 35.0 Å². The second-order valence-corrected chi connectivity index (χ2v) is 8.03. The number of carboxylic acid groups (broad SMARTS) is 1. The highest BCUT2D eigenvalue weighted by Crippen LogP contribution is 2.30. The van der Waals surface area contributed by atoms with Crippen LogP contribution in [0.15, 0.2) is 11.4 Å². The van der Waals surface area contributed by atoms with Crippen molar-refractivity contribution in [3.63, 3.8) is 0 Å². The Hall–Kier alpha value is -3.30. The lowest BCUT2D eigenvalue weighted by molar-refractivity contribution is 0.0944. The first-order chi connectivity index (χ1) is 13.0. The molecule has 150 valence electrons. The molecule has 0 saturated heterocycles. The number of carbonyl (C=O) groups excluding carboxylic acids is 1. The van der Waals surface area contributed by atoms with Gasteiger partial charge in [0.2, 0.25) is 5.88 Å². The highest BCUT2D eigenvalue weighted by atomic mass is 16.4. The first-order valence-electron chi connectivity index (χ1n) is 8.85. The minimum absolute atomic E-state index is 0.0105. The van der Waals surface area contributed by atoms with Crippen molar-refractivity contribution in [3.05, 3.63) is 28.1 Å². The molecule has 3 rings (SSSR count). The van der Waals surface area contributed by atoms with E-state index in [0.717, 1.165) is 17.4 Å². The molecule has 0 radical (unpaired) electrons. The molecule has 2 heterocycles. The summed E-state index contributed by atoms with van der Waals surface area (Å²) < 4.78 is 2.32. The zero-order valence-corrected chi connectivity index (χ0v) is 15.9. The van der Waals surface area contributed by atoms with E-state index in [2.05, 4.69) is 22.3 Å². The van der Waals surface area contributed by atoms with Crippen LogP contribution >= 0.6 is 0 Å². The molecule has 1 fully saturated rings. The van der Waals surface area contributed by atoms with Gasteiger partial charge in [-0.2, -0.15) is 4.52 Å². The number of nitrogens with zero attached hydrogens (tertiary/aromatic N) is 3. The van der Waals surface area contributed by atoms with Crippen LogP contribution in [0.4, 0.5) is 10.6 Å². The van der Waals surface area contributed by atoms with E-state index in [9.17, 15) is 19.5 Å². The Morgan fingerprint density at radius 2 is 2.00 bits per heavy atom. The minimum atomic E-state index is -1.36. The van der Waals surface area contributed by atoms with Crippen molar-refractivity contribution < 1.29 is 19.8 Å². The van der Waals surface area contributed by atoms with E-state index >= 15 is 0 Å². The van der Waals surface area contributed by atoms with Gasteiger partial charge in [-0.25, -0.2) is 4.79 Å². The number of fused-ring (bicyclic) bond motifs is 1. The first kappa shape index (κ1) is 19.5. The van der Waals surface area contributed by atoms with Crippen LogP contribution in [0.1, 0.15) is 49.5 Å². The molecule has 1 saturated carbocycles. The first-order valence-corrected chi connectivity index (χ1v) is 8.85. The summed E-state index contributed by atoms with van der Waals surface area (Å²) in [5.41, 5.74) is -1.21. The second-order valence-electron chi connectivity index (χ2n) is 8.03. The molecule has 1 aliphatic rings. The summed E-state index contributed by atoms with van der Waals surface area (Å²) in [6.07, 6.45) is 1.62. The van der Waals surface area contributed by atoms with Crippen molar-refractivity contribution in [2.75, 3.05) is 5.32 Å². The number of carbonyl (C=O) groups is 2. The third-order valence-corrected chi connectivity index (χ3v) is 4.24. The summed E-state index contributed by atoms with van der Waals surface area (Å²) in [7, 11) is 0. The molecular weight excluding hydrogens is 366 g/mol. The Morgan fingerprint density at radius 3 is 2.50 bits per heavy atom. The maximum Gasteiger partial charge on any atom is 0.410 e. The van der Waals surface area contributed by atoms with Crippen LogP contribution in [0.3, 0.4) is 0 Å². The number of anilines is 1. The van der Waals surface area contributed by atoms with Crippen LogP contribution in [0.2, 0.25) is 0 Å². The van der Waals surface area contributed by atoms with E-state index < -0.39 is 29.0 Å². The van der Waals surface area contributed by atoms with Gasteiger partial charge in [-0.15, -0.1) is 5.10 Å². The lowest BCUT2D eigenvalue weighted by Crippen LogP contribution is -2.35. The van der Waals surface area contributed by atoms with Crippen molar-refractivity contribution in [1.82, 2.24) is 19.5 Å². The Balaban J connectivity index is 2.34. The van der Waals surface area contributed by atoms with Gasteiger partial charge in [-0.3, -0.25) is 19.5 Å². The van der Waals surface area contributed by atoms with E-state index in [1.807, 2.05) is 20.8 Å². The summed E-state index contributed by atoms with van der Waals surface area (Å²) in [5, 5.41) is 28.7. The summed E-state index contributed by atoms with van der Waals surface area (Å²) >= 11 is 0. The third kappa shape index (κ3) is 3.57. The Bertz CT molecular complexity index is 1040. The zero-order valence-electron chi connectivity index (χ0n) is 15.9. The fraction of sp³-hybridized carbons (Fsp3) is 0.444. The molecule has 2 amide bonds. The molecule has 10 heteroatoms. The average Bonchev–Trinajstić information content (AvgIpc) is 3.29. The lowest BCUT2D eigenvalue weighted by atomic mass is 9.96. The van der Waals surface area contributed by atoms with Gasteiger partial charge in [0, 0.05) is 12.6 Å². The van der Waals surface area contributed by atoms with E-state index in [0.29, 0.717) is 0 Å². The van der Waals surface area contributed by atoms with Gasteiger partial charge in [-0.05, 0) is 18.3 Å². The van der Waals surface area contributed by atoms with Crippen LogP contribution in [0, 0.1) is 5.41 Å². The Labute approximate surface area is 160 Å². The van der Waals surface area contributed by atoms with E-state index in [1.54, 1.807) is 0 Å². The summed E-state index contributed by atoms with van der Waals surface area (Å²) in [4.78, 5) is 36.6. The molecule has 0 spiro atoms. The number of hydrogen-bond donors (Lipinski definition) is 4. The van der Waals surface area contributed by atoms with Crippen LogP contribution in [-0.4, -0.2) is 42.4 Å². The van der Waals surface area contributed by atoms with E-state index in [1.165, 1.54) is 10.6 Å². The van der Waals surface area contributed by atoms with Crippen LogP contribution < -0.4 is 16.2 Å². The molecule has 10 nitrogen and oxygen atoms in total. The normalized spacial score (nSPS) is 14.1. The smallest absolute Gasteiger partial charge is 0.410 e. The third-order valence-electron chi connectivity index (χ3n) is 4.24. The van der Waals surface area contributed by atoms with Gasteiger partial charge in [-0.1, -0.05) is 33.4 Å². The van der Waals surface area contributed by atoms with Gasteiger partial charge in [0.25, 0.3) is 11.5 Å². The molecule has 4 N–H and O–H groups in total. The minimum Gasteiger partial charge on any atom is -0.494 e. The predicted octanol–water partition coefficient (Wildman–Crippen LogP) is 1.87. The van der Waals surface area contributed by atoms with Gasteiger partial charge < -0.3 is 15.5 Å². The van der Waals surface area contributed by atoms with Crippen molar-refractivity contribution in [3.8, 4) is 5.88 Å². The largest absolute Gasteiger partial charge is 0.494 e. The number of rotatable bonds is 5. The number of aromatic hydroxyl groups is 1. The van der Waals surface area contributed by atoms with Gasteiger partial charge in [0.05, 0.1) is 5.56 Å². The monoisotopic (exact) mass is 389 g/mol. The molecule has 0 atom stereocenters. The SMILES string of the molecule is C=Cc1c(NC(=O)O)nn2c(=O)c(C(=O)NC3CC3)c(O)n(CC(C)(C)C)c12. The van der Waals surface area contributed by atoms with Crippen molar-refractivity contribution >= 4 is 29.5 Å². The quantitative estimate of drug-likeness (QED) is 0.616. The van der Waals surface area contributed by atoms with Gasteiger partial charge in [0.15, 0.2) is 17.0 Å². The number of amides is 2. The summed E-state index contributed by atoms with van der Waals surface area (Å²) in [5.74, 6) is -1.28. The highest BCUT2D eigenvalue weighted by Gasteiger charge is 2.31. The molecular formula is C18H23N5O5. The fourth-order valence-electron chi connectivity index (χ4n) is 2.95. The lowest BCUT2D eigenvalue weighted by Gasteiger charge is -2.23. The van der Waals surface area contributed by atoms with E-state index in [4.69, 9.17) is 5.11 Å². The molecule has 28 heavy (non-hydrogen) atoms. The van der Waals surface area contributed by atoms with Gasteiger partial charge in [0.1, 0.15) is 0 Å². The maximum atomic E-state index is 12.9. The summed E-state index contributed by atoms with van der Waals surface area (Å²) in [6.45, 7) is 9.67. The highest BCUT2D eigenvalue weighted by molar-refractivity contribution is 5.97. The van der Waals surface area contributed by atoms with Crippen LogP contribution in [0.25, 0.3) is 11.7 Å². The van der Waals surface area contributed by atoms with Crippen LogP contribution in [-0.2, 0) is 6.54 Å². The van der Waals surface area contributed by atoms with Gasteiger partial charge >= 0.3 is 6.09 Å². The Kier molecular flexibility index (Phi) is 4.66. The molecule has 0 aromatic carbocycles. The van der Waals surface area contributed by atoms with Crippen LogP contribution in [0.5, 0.6) is 5.88 Å². The molecule has 2 aromatic rings. The fourth-order valence-corrected chi connectivity index (χ4v) is 2.95. The van der Waals surface area contributed by atoms with Crippen molar-refractivity contribution in [2.45, 2.75) is 46.2 Å². The standard InChI is InChI=1S/C18H23N5O5/c1-5-10-12(20-17(27)28)21-23-14(10)22(8-18(2,3)4)15(25)11(16(23)26)13(24)19-9-6-7-9/h5,9,25H,1,6-8H2,2-4H3,(H,19,24)(H,20,21)(H,27,28). The zero-order chi connectivity index (χ0) is 20.8. The number of aromatic nitrogens is 3. The number of nitrogens with one attached hydrogen (secondary N) is 2. The summed E-state index contributed by atoms with van der Waals surface area (Å²) in [6, 6.07) is -0.0105. The Morgan fingerprint density at radius 1 is 1.36 bits per heavy atom. The molecule has 2 aromatic heterocycles. The molecule has 0 bridgehead atoms. The molecule has 0 unspecified atom stereocenters.